The maximum Gasteiger partial charge on any atom is 0.341 e. The molecular formula is C24H30N2O5. The van der Waals surface area contributed by atoms with E-state index in [1.54, 1.807) is 7.11 Å². The minimum Gasteiger partial charge on any atom is -0.492 e. The minimum absolute atomic E-state index is 0.0105. The van der Waals surface area contributed by atoms with Crippen molar-refractivity contribution in [2.45, 2.75) is 58.4 Å². The van der Waals surface area contributed by atoms with Gasteiger partial charge in [-0.3, -0.25) is 4.79 Å². The molecule has 7 heteroatoms. The fourth-order valence-corrected chi connectivity index (χ4v) is 4.26. The molecule has 1 saturated carbocycles. The molecule has 2 aromatic rings. The molecule has 166 valence electrons. The molecule has 2 aliphatic rings. The summed E-state index contributed by atoms with van der Waals surface area (Å²) in [5, 5.41) is 9.48. The van der Waals surface area contributed by atoms with Gasteiger partial charge >= 0.3 is 5.97 Å². The van der Waals surface area contributed by atoms with Crippen LogP contribution < -0.4 is 10.2 Å². The quantitative estimate of drug-likeness (QED) is 0.672. The summed E-state index contributed by atoms with van der Waals surface area (Å²) in [6, 6.07) is 3.51. The second-order valence-electron chi connectivity index (χ2n) is 9.58. The summed E-state index contributed by atoms with van der Waals surface area (Å²) in [5.41, 5.74) is 2.58. The lowest BCUT2D eigenvalue weighted by Crippen LogP contribution is -2.33. The molecule has 1 N–H and O–H groups in total. The third-order valence-corrected chi connectivity index (χ3v) is 6.11. The number of rotatable bonds is 7. The summed E-state index contributed by atoms with van der Waals surface area (Å²) in [6.07, 6.45) is 5.15. The van der Waals surface area contributed by atoms with E-state index in [1.165, 1.54) is 12.3 Å². The third kappa shape index (κ3) is 4.24. The van der Waals surface area contributed by atoms with Gasteiger partial charge < -0.3 is 19.1 Å². The number of aromatic carboxylic acids is 1. The Bertz CT molecular complexity index is 1060. The number of carbonyl (C=O) groups is 1. The number of fused-ring (bicyclic) bond motifs is 3. The number of aromatic nitrogens is 2. The van der Waals surface area contributed by atoms with Crippen molar-refractivity contribution in [2.75, 3.05) is 20.3 Å². The maximum absolute atomic E-state index is 12.5. The lowest BCUT2D eigenvalue weighted by atomic mass is 9.79. The lowest BCUT2D eigenvalue weighted by molar-refractivity contribution is 0.0693. The molecule has 1 aliphatic heterocycles. The largest absolute Gasteiger partial charge is 0.492 e. The van der Waals surface area contributed by atoms with Crippen LogP contribution in [0.15, 0.2) is 23.1 Å². The molecule has 31 heavy (non-hydrogen) atoms. The van der Waals surface area contributed by atoms with E-state index in [2.05, 4.69) is 26.8 Å². The van der Waals surface area contributed by atoms with Gasteiger partial charge in [-0.15, -0.1) is 0 Å². The first kappa shape index (κ1) is 21.6. The van der Waals surface area contributed by atoms with Crippen molar-refractivity contribution in [1.82, 2.24) is 9.55 Å². The van der Waals surface area contributed by atoms with E-state index < -0.39 is 11.4 Å². The van der Waals surface area contributed by atoms with Crippen LogP contribution in [0.2, 0.25) is 0 Å². The van der Waals surface area contributed by atoms with Crippen molar-refractivity contribution < 1.29 is 19.4 Å². The standard InChI is InChI=1S/C24H30N2O5/c1-24(2,3)20-11-15-10-19(31-9-5-8-30-4)22(14-6-7-14)25-21(15)17-12-18(27)16(23(28)29)13-26(17)20/h10,12-14,20H,5-9,11H2,1-4H3,(H,28,29). The van der Waals surface area contributed by atoms with Crippen molar-refractivity contribution in [3.63, 3.8) is 0 Å². The van der Waals surface area contributed by atoms with E-state index in [0.29, 0.717) is 31.2 Å². The fourth-order valence-electron chi connectivity index (χ4n) is 4.26. The molecule has 1 unspecified atom stereocenters. The number of carboxylic acid groups (broad SMARTS) is 1. The van der Waals surface area contributed by atoms with Crippen molar-refractivity contribution in [3.05, 3.63) is 45.4 Å². The van der Waals surface area contributed by atoms with Crippen LogP contribution >= 0.6 is 0 Å². The topological polar surface area (TPSA) is 90.7 Å². The average Bonchev–Trinajstić information content (AvgIpc) is 3.54. The summed E-state index contributed by atoms with van der Waals surface area (Å²) in [5.74, 6) is -0.00492. The first-order chi connectivity index (χ1) is 14.7. The zero-order chi connectivity index (χ0) is 22.3. The minimum atomic E-state index is -1.20. The number of methoxy groups -OCH3 is 1. The second kappa shape index (κ2) is 8.11. The molecule has 1 atom stereocenters. The van der Waals surface area contributed by atoms with E-state index in [-0.39, 0.29) is 17.0 Å². The van der Waals surface area contributed by atoms with Crippen molar-refractivity contribution in [3.8, 4) is 17.1 Å². The number of ether oxygens (including phenoxy) is 2. The molecule has 0 spiro atoms. The third-order valence-electron chi connectivity index (χ3n) is 6.11. The van der Waals surface area contributed by atoms with Crippen LogP contribution in [0, 0.1) is 5.41 Å². The van der Waals surface area contributed by atoms with Gasteiger partial charge in [0.25, 0.3) is 0 Å². The summed E-state index contributed by atoms with van der Waals surface area (Å²) >= 11 is 0. The Morgan fingerprint density at radius 1 is 1.26 bits per heavy atom. The van der Waals surface area contributed by atoms with Crippen LogP contribution in [-0.4, -0.2) is 41.0 Å². The van der Waals surface area contributed by atoms with E-state index in [1.807, 2.05) is 4.57 Å². The molecule has 0 saturated heterocycles. The van der Waals surface area contributed by atoms with E-state index >= 15 is 0 Å². The molecule has 3 heterocycles. The van der Waals surface area contributed by atoms with Gasteiger partial charge in [0.05, 0.1) is 23.7 Å². The Morgan fingerprint density at radius 3 is 2.61 bits per heavy atom. The van der Waals surface area contributed by atoms with Gasteiger partial charge in [0.15, 0.2) is 5.43 Å². The number of hydrogen-bond acceptors (Lipinski definition) is 5. The smallest absolute Gasteiger partial charge is 0.341 e. The molecule has 2 aromatic heterocycles. The summed E-state index contributed by atoms with van der Waals surface area (Å²) in [7, 11) is 1.68. The molecule has 0 aromatic carbocycles. The zero-order valence-electron chi connectivity index (χ0n) is 18.6. The van der Waals surface area contributed by atoms with E-state index in [9.17, 15) is 14.7 Å². The Balaban J connectivity index is 1.84. The highest BCUT2D eigenvalue weighted by Gasteiger charge is 2.36. The Hall–Kier alpha value is -2.67. The van der Waals surface area contributed by atoms with Gasteiger partial charge in [-0.2, -0.15) is 0 Å². The first-order valence-corrected chi connectivity index (χ1v) is 10.9. The molecule has 4 rings (SSSR count). The van der Waals surface area contributed by atoms with Crippen LogP contribution in [0.5, 0.6) is 5.75 Å². The highest BCUT2D eigenvalue weighted by molar-refractivity contribution is 5.87. The summed E-state index contributed by atoms with van der Waals surface area (Å²) in [4.78, 5) is 29.1. The number of nitrogens with zero attached hydrogens (tertiary/aromatic N) is 2. The van der Waals surface area contributed by atoms with Gasteiger partial charge in [0, 0.05) is 44.4 Å². The van der Waals surface area contributed by atoms with Crippen LogP contribution in [-0.2, 0) is 11.2 Å². The number of carboxylic acids is 1. The molecule has 1 fully saturated rings. The highest BCUT2D eigenvalue weighted by Crippen LogP contribution is 2.47. The van der Waals surface area contributed by atoms with Gasteiger partial charge in [-0.1, -0.05) is 20.8 Å². The lowest BCUT2D eigenvalue weighted by Gasteiger charge is -2.38. The molecular weight excluding hydrogens is 396 g/mol. The van der Waals surface area contributed by atoms with Gasteiger partial charge in [-0.05, 0) is 36.3 Å². The fraction of sp³-hybridized carbons (Fsp3) is 0.542. The zero-order valence-corrected chi connectivity index (χ0v) is 18.6. The van der Waals surface area contributed by atoms with Crippen LogP contribution in [0.1, 0.15) is 73.6 Å². The molecule has 1 aliphatic carbocycles. The van der Waals surface area contributed by atoms with Crippen molar-refractivity contribution in [2.24, 2.45) is 5.41 Å². The first-order valence-electron chi connectivity index (χ1n) is 10.9. The Labute approximate surface area is 182 Å². The highest BCUT2D eigenvalue weighted by atomic mass is 16.5. The second-order valence-corrected chi connectivity index (χ2v) is 9.58. The average molecular weight is 427 g/mol. The van der Waals surface area contributed by atoms with Crippen LogP contribution in [0.3, 0.4) is 0 Å². The van der Waals surface area contributed by atoms with Crippen LogP contribution in [0.25, 0.3) is 11.4 Å². The SMILES string of the molecule is COCCCOc1cc2c(nc1C1CC1)-c1cc(=O)c(C(=O)O)cn1C(C(C)(C)C)C2. The van der Waals surface area contributed by atoms with Gasteiger partial charge in [0.2, 0.25) is 0 Å². The molecule has 0 amide bonds. The Morgan fingerprint density at radius 2 is 2.00 bits per heavy atom. The summed E-state index contributed by atoms with van der Waals surface area (Å²) < 4.78 is 13.2. The predicted octanol–water partition coefficient (Wildman–Crippen LogP) is 4.04. The molecule has 0 bridgehead atoms. The summed E-state index contributed by atoms with van der Waals surface area (Å²) in [6.45, 7) is 7.58. The van der Waals surface area contributed by atoms with Crippen LogP contribution in [0.4, 0.5) is 0 Å². The number of hydrogen-bond donors (Lipinski definition) is 1. The normalized spacial score (nSPS) is 17.7. The monoisotopic (exact) mass is 426 g/mol. The van der Waals surface area contributed by atoms with Gasteiger partial charge in [-0.25, -0.2) is 9.78 Å². The van der Waals surface area contributed by atoms with E-state index in [4.69, 9.17) is 14.5 Å². The van der Waals surface area contributed by atoms with Gasteiger partial charge in [0.1, 0.15) is 11.3 Å². The van der Waals surface area contributed by atoms with Crippen molar-refractivity contribution >= 4 is 5.97 Å². The number of pyridine rings is 2. The molecule has 0 radical (unpaired) electrons. The Kier molecular flexibility index (Phi) is 5.64. The maximum atomic E-state index is 12.5. The predicted molar refractivity (Wildman–Crippen MR) is 117 cm³/mol. The van der Waals surface area contributed by atoms with Crippen molar-refractivity contribution in [1.29, 1.82) is 0 Å². The van der Waals surface area contributed by atoms with E-state index in [0.717, 1.165) is 42.0 Å². The molecule has 7 nitrogen and oxygen atoms in total.